The Morgan fingerprint density at radius 3 is 3.24 bits per heavy atom. The zero-order valence-corrected chi connectivity index (χ0v) is 10.1. The Labute approximate surface area is 99.9 Å². The molecule has 0 bridgehead atoms. The molecule has 6 heteroatoms. The van der Waals surface area contributed by atoms with Gasteiger partial charge in [-0.25, -0.2) is 0 Å². The molecule has 1 atom stereocenters. The Hall–Kier alpha value is -1.40. The molecule has 6 nitrogen and oxygen atoms in total. The number of methoxy groups -OCH3 is 1. The molecule has 17 heavy (non-hydrogen) atoms. The first kappa shape index (κ1) is 12.1. The monoisotopic (exact) mass is 239 g/mol. The zero-order chi connectivity index (χ0) is 12.3. The molecule has 94 valence electrons. The SMILES string of the molecule is COCc1cc(C(=O)N(C)C2CCNC2)no1. The third-order valence-electron chi connectivity index (χ3n) is 2.97. The maximum atomic E-state index is 12.1. The number of nitrogens with zero attached hydrogens (tertiary/aromatic N) is 2. The Balaban J connectivity index is 2.02. The maximum absolute atomic E-state index is 12.1. The molecule has 0 aromatic carbocycles. The number of rotatable bonds is 4. The van der Waals surface area contributed by atoms with E-state index in [2.05, 4.69) is 10.5 Å². The summed E-state index contributed by atoms with van der Waals surface area (Å²) in [4.78, 5) is 13.8. The molecule has 1 unspecified atom stereocenters. The average Bonchev–Trinajstić information content (AvgIpc) is 2.98. The van der Waals surface area contributed by atoms with Crippen molar-refractivity contribution in [3.05, 3.63) is 17.5 Å². The summed E-state index contributed by atoms with van der Waals surface area (Å²) in [6, 6.07) is 1.87. The van der Waals surface area contributed by atoms with Gasteiger partial charge in [0, 0.05) is 32.8 Å². The first-order valence-corrected chi connectivity index (χ1v) is 5.64. The number of likely N-dealkylation sites (N-methyl/N-ethyl adjacent to an activating group) is 1. The highest BCUT2D eigenvalue weighted by atomic mass is 16.5. The van der Waals surface area contributed by atoms with E-state index in [1.165, 1.54) is 0 Å². The van der Waals surface area contributed by atoms with E-state index in [-0.39, 0.29) is 11.9 Å². The average molecular weight is 239 g/mol. The van der Waals surface area contributed by atoms with Crippen molar-refractivity contribution in [3.63, 3.8) is 0 Å². The summed E-state index contributed by atoms with van der Waals surface area (Å²) in [6.45, 7) is 2.12. The van der Waals surface area contributed by atoms with Crippen molar-refractivity contribution in [1.82, 2.24) is 15.4 Å². The Morgan fingerprint density at radius 2 is 2.59 bits per heavy atom. The van der Waals surface area contributed by atoms with Gasteiger partial charge in [-0.1, -0.05) is 5.16 Å². The first-order valence-electron chi connectivity index (χ1n) is 5.64. The quantitative estimate of drug-likeness (QED) is 0.816. The van der Waals surface area contributed by atoms with Crippen molar-refractivity contribution in [2.75, 3.05) is 27.2 Å². The minimum absolute atomic E-state index is 0.107. The van der Waals surface area contributed by atoms with Crippen molar-refractivity contribution in [1.29, 1.82) is 0 Å². The third-order valence-corrected chi connectivity index (χ3v) is 2.97. The van der Waals surface area contributed by atoms with E-state index in [0.717, 1.165) is 19.5 Å². The fraction of sp³-hybridized carbons (Fsp3) is 0.636. The molecule has 0 radical (unpaired) electrons. The second kappa shape index (κ2) is 5.29. The fourth-order valence-electron chi connectivity index (χ4n) is 1.94. The van der Waals surface area contributed by atoms with E-state index in [4.69, 9.17) is 9.26 Å². The van der Waals surface area contributed by atoms with E-state index in [1.54, 1.807) is 25.1 Å². The molecular weight excluding hydrogens is 222 g/mol. The summed E-state index contributed by atoms with van der Waals surface area (Å²) in [5, 5.41) is 6.99. The van der Waals surface area contributed by atoms with Gasteiger partial charge in [-0.15, -0.1) is 0 Å². The summed E-state index contributed by atoms with van der Waals surface area (Å²) in [6.07, 6.45) is 0.977. The van der Waals surface area contributed by atoms with Crippen LogP contribution in [0.3, 0.4) is 0 Å². The van der Waals surface area contributed by atoms with E-state index in [9.17, 15) is 4.79 Å². The summed E-state index contributed by atoms with van der Waals surface area (Å²) >= 11 is 0. The lowest BCUT2D eigenvalue weighted by Crippen LogP contribution is -2.38. The van der Waals surface area contributed by atoms with Gasteiger partial charge in [-0.2, -0.15) is 0 Å². The molecule has 0 spiro atoms. The van der Waals surface area contributed by atoms with Gasteiger partial charge in [-0.3, -0.25) is 4.79 Å². The summed E-state index contributed by atoms with van der Waals surface area (Å²) < 4.78 is 9.91. The molecule has 0 saturated carbocycles. The molecule has 1 aromatic rings. The molecule has 1 aliphatic heterocycles. The highest BCUT2D eigenvalue weighted by Gasteiger charge is 2.25. The number of amides is 1. The Kier molecular flexibility index (Phi) is 3.75. The number of nitrogens with one attached hydrogen (secondary N) is 1. The molecule has 1 aliphatic rings. The normalized spacial score (nSPS) is 19.5. The second-order valence-corrected chi connectivity index (χ2v) is 4.17. The molecule has 2 heterocycles. The van der Waals surface area contributed by atoms with Gasteiger partial charge in [-0.05, 0) is 13.0 Å². The molecule has 1 amide bonds. The van der Waals surface area contributed by atoms with Gasteiger partial charge < -0.3 is 19.5 Å². The van der Waals surface area contributed by atoms with Crippen LogP contribution in [0.25, 0.3) is 0 Å². The lowest BCUT2D eigenvalue weighted by Gasteiger charge is -2.22. The standard InChI is InChI=1S/C11H17N3O3/c1-14(8-3-4-12-6-8)11(15)10-5-9(7-16-2)17-13-10/h5,8,12H,3-4,6-7H2,1-2H3. The minimum Gasteiger partial charge on any atom is -0.377 e. The second-order valence-electron chi connectivity index (χ2n) is 4.17. The van der Waals surface area contributed by atoms with E-state index >= 15 is 0 Å². The van der Waals surface area contributed by atoms with Crippen LogP contribution >= 0.6 is 0 Å². The van der Waals surface area contributed by atoms with Crippen LogP contribution in [-0.2, 0) is 11.3 Å². The molecule has 1 saturated heterocycles. The third kappa shape index (κ3) is 2.65. The predicted octanol–water partition coefficient (Wildman–Crippen LogP) is 0.255. The van der Waals surface area contributed by atoms with Crippen LogP contribution in [0, 0.1) is 0 Å². The van der Waals surface area contributed by atoms with Crippen molar-refractivity contribution in [3.8, 4) is 0 Å². The fourth-order valence-corrected chi connectivity index (χ4v) is 1.94. The summed E-state index contributed by atoms with van der Waals surface area (Å²) in [7, 11) is 3.37. The molecule has 0 aliphatic carbocycles. The van der Waals surface area contributed by atoms with Crippen molar-refractivity contribution < 1.29 is 14.1 Å². The topological polar surface area (TPSA) is 67.6 Å². The number of carbonyl (C=O) groups is 1. The van der Waals surface area contributed by atoms with Gasteiger partial charge in [0.2, 0.25) is 0 Å². The number of aromatic nitrogens is 1. The highest BCUT2D eigenvalue weighted by Crippen LogP contribution is 2.12. The smallest absolute Gasteiger partial charge is 0.276 e. The first-order chi connectivity index (χ1) is 8.22. The van der Waals surface area contributed by atoms with Crippen molar-refractivity contribution in [2.24, 2.45) is 0 Å². The molecule has 2 rings (SSSR count). The van der Waals surface area contributed by atoms with Gasteiger partial charge >= 0.3 is 0 Å². The largest absolute Gasteiger partial charge is 0.377 e. The number of ether oxygens (including phenoxy) is 1. The van der Waals surface area contributed by atoms with Crippen LogP contribution in [-0.4, -0.2) is 49.3 Å². The minimum atomic E-state index is -0.107. The van der Waals surface area contributed by atoms with Crippen molar-refractivity contribution in [2.45, 2.75) is 19.1 Å². The van der Waals surface area contributed by atoms with Crippen molar-refractivity contribution >= 4 is 5.91 Å². The lowest BCUT2D eigenvalue weighted by molar-refractivity contribution is 0.0732. The Morgan fingerprint density at radius 1 is 1.76 bits per heavy atom. The van der Waals surface area contributed by atoms with Gasteiger partial charge in [0.05, 0.1) is 0 Å². The summed E-state index contributed by atoms with van der Waals surface area (Å²) in [5.41, 5.74) is 0.339. The predicted molar refractivity (Wildman–Crippen MR) is 60.6 cm³/mol. The van der Waals surface area contributed by atoms with Crippen LogP contribution in [0.4, 0.5) is 0 Å². The van der Waals surface area contributed by atoms with Crippen LogP contribution in [0.1, 0.15) is 22.7 Å². The van der Waals surface area contributed by atoms with Crippen LogP contribution < -0.4 is 5.32 Å². The summed E-state index contributed by atoms with van der Waals surface area (Å²) in [5.74, 6) is 0.457. The van der Waals surface area contributed by atoms with Gasteiger partial charge in [0.15, 0.2) is 11.5 Å². The van der Waals surface area contributed by atoms with E-state index in [0.29, 0.717) is 18.1 Å². The molecule has 1 aromatic heterocycles. The van der Waals surface area contributed by atoms with E-state index < -0.39 is 0 Å². The Bertz CT molecular complexity index is 385. The van der Waals surface area contributed by atoms with Gasteiger partial charge in [0.1, 0.15) is 6.61 Å². The molecular formula is C11H17N3O3. The lowest BCUT2D eigenvalue weighted by atomic mass is 10.2. The zero-order valence-electron chi connectivity index (χ0n) is 10.1. The van der Waals surface area contributed by atoms with Crippen LogP contribution in [0.2, 0.25) is 0 Å². The van der Waals surface area contributed by atoms with Gasteiger partial charge in [0.25, 0.3) is 5.91 Å². The number of hydrogen-bond donors (Lipinski definition) is 1. The maximum Gasteiger partial charge on any atom is 0.276 e. The van der Waals surface area contributed by atoms with E-state index in [1.807, 2.05) is 0 Å². The van der Waals surface area contributed by atoms with Crippen LogP contribution in [0.15, 0.2) is 10.6 Å². The number of hydrogen-bond acceptors (Lipinski definition) is 5. The van der Waals surface area contributed by atoms with Crippen LogP contribution in [0.5, 0.6) is 0 Å². The molecule has 1 fully saturated rings. The number of carbonyl (C=O) groups excluding carboxylic acids is 1. The highest BCUT2D eigenvalue weighted by molar-refractivity contribution is 5.92. The molecule has 1 N–H and O–H groups in total.